The van der Waals surface area contributed by atoms with Gasteiger partial charge in [-0.1, -0.05) is 24.3 Å². The number of rotatable bonds is 5. The van der Waals surface area contributed by atoms with Crippen molar-refractivity contribution in [3.05, 3.63) is 52.7 Å². The number of fused-ring (bicyclic) bond motifs is 2. The Morgan fingerprint density at radius 2 is 1.93 bits per heavy atom. The van der Waals surface area contributed by atoms with Crippen molar-refractivity contribution in [3.8, 4) is 0 Å². The molecule has 2 aliphatic heterocycles. The molecule has 3 amide bonds. The fraction of sp³-hybridized carbons (Fsp3) is 0.455. The fourth-order valence-corrected chi connectivity index (χ4v) is 5.03. The summed E-state index contributed by atoms with van der Waals surface area (Å²) in [6, 6.07) is 13.9. The molecule has 2 aromatic rings. The molecular formula is C22H28N4O2S. The second-order valence-corrected chi connectivity index (χ2v) is 9.30. The highest BCUT2D eigenvalue weighted by atomic mass is 32.1. The van der Waals surface area contributed by atoms with Crippen molar-refractivity contribution >= 4 is 29.0 Å². The van der Waals surface area contributed by atoms with Crippen molar-refractivity contribution in [1.82, 2.24) is 15.1 Å². The molecule has 3 atom stereocenters. The van der Waals surface area contributed by atoms with Crippen LogP contribution >= 0.6 is 11.3 Å². The first-order valence-electron chi connectivity index (χ1n) is 10.1. The Hall–Kier alpha value is -2.38. The molecule has 1 aromatic heterocycles. The summed E-state index contributed by atoms with van der Waals surface area (Å²) in [4.78, 5) is 31.1. The van der Waals surface area contributed by atoms with Crippen LogP contribution in [0.1, 0.15) is 25.1 Å². The number of urea groups is 1. The van der Waals surface area contributed by atoms with Gasteiger partial charge in [0.05, 0.1) is 5.41 Å². The minimum atomic E-state index is -0.555. The molecule has 2 aliphatic rings. The van der Waals surface area contributed by atoms with Crippen LogP contribution < -0.4 is 10.6 Å². The molecule has 2 saturated heterocycles. The number of carbonyl (C=O) groups is 2. The van der Waals surface area contributed by atoms with Crippen LogP contribution in [0.2, 0.25) is 0 Å². The van der Waals surface area contributed by atoms with Gasteiger partial charge in [0.15, 0.2) is 0 Å². The summed E-state index contributed by atoms with van der Waals surface area (Å²) in [5.74, 6) is 0.0292. The monoisotopic (exact) mass is 412 g/mol. The molecule has 154 valence electrons. The quantitative estimate of drug-likeness (QED) is 0.793. The predicted molar refractivity (Wildman–Crippen MR) is 116 cm³/mol. The molecule has 0 radical (unpaired) electrons. The molecule has 2 N–H and O–H groups in total. The van der Waals surface area contributed by atoms with E-state index in [1.807, 2.05) is 66.6 Å². The van der Waals surface area contributed by atoms with Crippen LogP contribution in [0.15, 0.2) is 47.8 Å². The first-order chi connectivity index (χ1) is 13.9. The lowest BCUT2D eigenvalue weighted by Crippen LogP contribution is -2.59. The molecule has 29 heavy (non-hydrogen) atoms. The molecule has 7 heteroatoms. The first-order valence-corrected chi connectivity index (χ1v) is 11.0. The van der Waals surface area contributed by atoms with E-state index in [-0.39, 0.29) is 24.0 Å². The van der Waals surface area contributed by atoms with Gasteiger partial charge < -0.3 is 15.5 Å². The number of para-hydroxylation sites is 1. The zero-order chi connectivity index (χ0) is 20.4. The number of hydrogen-bond donors (Lipinski definition) is 2. The SMILES string of the molecule is CC(C)(C(=O)NC[C@@H]1CN(C(=O)Nc2ccccc2)[C@H]2CCN1C2)c1cccs1. The highest BCUT2D eigenvalue weighted by Crippen LogP contribution is 2.28. The molecule has 6 nitrogen and oxygen atoms in total. The third kappa shape index (κ3) is 4.16. The molecule has 2 fully saturated rings. The van der Waals surface area contributed by atoms with Gasteiger partial charge in [-0.15, -0.1) is 11.3 Å². The Kier molecular flexibility index (Phi) is 5.61. The summed E-state index contributed by atoms with van der Waals surface area (Å²) >= 11 is 1.60. The van der Waals surface area contributed by atoms with Crippen LogP contribution in [0.5, 0.6) is 0 Å². The number of nitrogens with zero attached hydrogens (tertiary/aromatic N) is 2. The average Bonchev–Trinajstić information content (AvgIpc) is 3.39. The molecule has 3 heterocycles. The highest BCUT2D eigenvalue weighted by molar-refractivity contribution is 7.10. The number of piperazine rings is 1. The Labute approximate surface area is 175 Å². The Balaban J connectivity index is 1.38. The second-order valence-electron chi connectivity index (χ2n) is 8.35. The summed E-state index contributed by atoms with van der Waals surface area (Å²) in [7, 11) is 0. The zero-order valence-corrected chi connectivity index (χ0v) is 17.7. The molecule has 0 aliphatic carbocycles. The summed E-state index contributed by atoms with van der Waals surface area (Å²) in [6.07, 6.45) is 0.980. The van der Waals surface area contributed by atoms with Gasteiger partial charge in [-0.2, -0.15) is 0 Å². The number of nitrogens with one attached hydrogen (secondary N) is 2. The van der Waals surface area contributed by atoms with Crippen LogP contribution in [0.4, 0.5) is 10.5 Å². The first kappa shape index (κ1) is 19.9. The number of benzene rings is 1. The van der Waals surface area contributed by atoms with Crippen molar-refractivity contribution in [1.29, 1.82) is 0 Å². The van der Waals surface area contributed by atoms with Crippen molar-refractivity contribution in [3.63, 3.8) is 0 Å². The van der Waals surface area contributed by atoms with E-state index < -0.39 is 5.41 Å². The number of hydrogen-bond acceptors (Lipinski definition) is 4. The zero-order valence-electron chi connectivity index (χ0n) is 16.9. The maximum absolute atomic E-state index is 12.9. The highest BCUT2D eigenvalue weighted by Gasteiger charge is 2.41. The maximum Gasteiger partial charge on any atom is 0.322 e. The van der Waals surface area contributed by atoms with Gasteiger partial charge in [-0.25, -0.2) is 4.79 Å². The van der Waals surface area contributed by atoms with E-state index in [1.165, 1.54) is 0 Å². The van der Waals surface area contributed by atoms with E-state index in [4.69, 9.17) is 0 Å². The van der Waals surface area contributed by atoms with Crippen LogP contribution in [-0.4, -0.2) is 60.0 Å². The third-order valence-electron chi connectivity index (χ3n) is 6.05. The summed E-state index contributed by atoms with van der Waals surface area (Å²) in [5, 5.41) is 8.14. The van der Waals surface area contributed by atoms with Crippen LogP contribution in [0, 0.1) is 0 Å². The summed E-state index contributed by atoms with van der Waals surface area (Å²) in [5.41, 5.74) is 0.251. The van der Waals surface area contributed by atoms with Crippen molar-refractivity contribution in [2.45, 2.75) is 37.8 Å². The second kappa shape index (κ2) is 8.16. The number of amides is 3. The summed E-state index contributed by atoms with van der Waals surface area (Å²) in [6.45, 7) is 6.94. The maximum atomic E-state index is 12.9. The van der Waals surface area contributed by atoms with Crippen molar-refractivity contribution < 1.29 is 9.59 Å². The van der Waals surface area contributed by atoms with E-state index in [9.17, 15) is 9.59 Å². The Morgan fingerprint density at radius 1 is 1.14 bits per heavy atom. The Bertz CT molecular complexity index is 853. The number of anilines is 1. The number of thiophene rings is 1. The molecule has 1 aromatic carbocycles. The van der Waals surface area contributed by atoms with Gasteiger partial charge in [-0.3, -0.25) is 9.69 Å². The van der Waals surface area contributed by atoms with Crippen molar-refractivity contribution in [2.24, 2.45) is 0 Å². The van der Waals surface area contributed by atoms with Crippen molar-refractivity contribution in [2.75, 3.05) is 31.5 Å². The van der Waals surface area contributed by atoms with Gasteiger partial charge in [-0.05, 0) is 43.8 Å². The Morgan fingerprint density at radius 3 is 2.66 bits per heavy atom. The molecule has 0 saturated carbocycles. The lowest BCUT2D eigenvalue weighted by atomic mass is 9.90. The fourth-order valence-electron chi connectivity index (χ4n) is 4.18. The number of carbonyl (C=O) groups excluding carboxylic acids is 2. The van der Waals surface area contributed by atoms with Gasteiger partial charge >= 0.3 is 6.03 Å². The van der Waals surface area contributed by atoms with Crippen LogP contribution in [0.25, 0.3) is 0 Å². The predicted octanol–water partition coefficient (Wildman–Crippen LogP) is 3.13. The minimum Gasteiger partial charge on any atom is -0.354 e. The van der Waals surface area contributed by atoms with Gasteiger partial charge in [0.2, 0.25) is 5.91 Å². The van der Waals surface area contributed by atoms with E-state index in [0.717, 1.165) is 30.1 Å². The van der Waals surface area contributed by atoms with E-state index >= 15 is 0 Å². The summed E-state index contributed by atoms with van der Waals surface area (Å²) < 4.78 is 0. The standard InChI is InChI=1S/C22H28N4O2S/c1-22(2,19-9-6-12-29-19)20(27)23-13-18-15-26(17-10-11-25(18)14-17)21(28)24-16-7-4-3-5-8-16/h3-9,12,17-18H,10-11,13-15H2,1-2H3,(H,23,27)(H,24,28)/t17-,18+/m0/s1. The normalized spacial score (nSPS) is 23.7. The molecule has 4 rings (SSSR count). The van der Waals surface area contributed by atoms with E-state index in [2.05, 4.69) is 15.5 Å². The lowest BCUT2D eigenvalue weighted by molar-refractivity contribution is -0.125. The third-order valence-corrected chi connectivity index (χ3v) is 7.24. The largest absolute Gasteiger partial charge is 0.354 e. The topological polar surface area (TPSA) is 64.7 Å². The molecule has 2 bridgehead atoms. The lowest BCUT2D eigenvalue weighted by Gasteiger charge is -2.40. The molecular weight excluding hydrogens is 384 g/mol. The van der Waals surface area contributed by atoms with Crippen LogP contribution in [0.3, 0.4) is 0 Å². The molecule has 1 unspecified atom stereocenters. The van der Waals surface area contributed by atoms with E-state index in [1.54, 1.807) is 11.3 Å². The minimum absolute atomic E-state index is 0.0292. The van der Waals surface area contributed by atoms with Gasteiger partial charge in [0.25, 0.3) is 0 Å². The smallest absolute Gasteiger partial charge is 0.322 e. The van der Waals surface area contributed by atoms with Gasteiger partial charge in [0.1, 0.15) is 0 Å². The van der Waals surface area contributed by atoms with Gasteiger partial charge in [0, 0.05) is 48.8 Å². The van der Waals surface area contributed by atoms with E-state index in [0.29, 0.717) is 13.1 Å². The van der Waals surface area contributed by atoms with Crippen LogP contribution in [-0.2, 0) is 10.2 Å². The average molecular weight is 413 g/mol. The molecule has 0 spiro atoms.